The highest BCUT2D eigenvalue weighted by atomic mass is 16.7. The minimum Gasteiger partial charge on any atom is -0.454 e. The van der Waals surface area contributed by atoms with Crippen molar-refractivity contribution in [3.05, 3.63) is 41.6 Å². The first-order valence-corrected chi connectivity index (χ1v) is 9.27. The molecule has 0 radical (unpaired) electrons. The molecule has 4 rings (SSSR count). The van der Waals surface area contributed by atoms with Gasteiger partial charge in [-0.3, -0.25) is 14.6 Å². The van der Waals surface area contributed by atoms with E-state index in [4.69, 9.17) is 13.9 Å². The molecule has 8 heteroatoms. The lowest BCUT2D eigenvalue weighted by Gasteiger charge is -2.34. The van der Waals surface area contributed by atoms with Crippen LogP contribution >= 0.6 is 0 Å². The number of nitrogens with one attached hydrogen (secondary N) is 1. The van der Waals surface area contributed by atoms with Crippen LogP contribution in [0.1, 0.15) is 28.9 Å². The van der Waals surface area contributed by atoms with Gasteiger partial charge in [-0.1, -0.05) is 6.07 Å². The molecule has 27 heavy (non-hydrogen) atoms. The molecule has 1 amide bonds. The van der Waals surface area contributed by atoms with E-state index >= 15 is 0 Å². The van der Waals surface area contributed by atoms with Crippen LogP contribution in [-0.4, -0.2) is 60.2 Å². The summed E-state index contributed by atoms with van der Waals surface area (Å²) in [6.45, 7) is 8.08. The van der Waals surface area contributed by atoms with Crippen molar-refractivity contribution in [1.82, 2.24) is 20.1 Å². The van der Waals surface area contributed by atoms with Gasteiger partial charge in [-0.25, -0.2) is 4.98 Å². The number of hydrogen-bond acceptors (Lipinski definition) is 7. The first kappa shape index (κ1) is 17.8. The molecule has 2 aromatic rings. The lowest BCUT2D eigenvalue weighted by molar-refractivity contribution is 0.0950. The number of rotatable bonds is 6. The molecule has 8 nitrogen and oxygen atoms in total. The average molecular weight is 372 g/mol. The summed E-state index contributed by atoms with van der Waals surface area (Å²) in [7, 11) is 0. The number of aromatic nitrogens is 1. The molecular weight excluding hydrogens is 348 g/mol. The lowest BCUT2D eigenvalue weighted by Crippen LogP contribution is -2.45. The van der Waals surface area contributed by atoms with Gasteiger partial charge in [0.25, 0.3) is 5.91 Å². The maximum Gasteiger partial charge on any atom is 0.273 e. The number of fused-ring (bicyclic) bond motifs is 1. The molecule has 1 aromatic heterocycles. The van der Waals surface area contributed by atoms with Crippen LogP contribution in [0.15, 0.2) is 28.9 Å². The van der Waals surface area contributed by atoms with E-state index in [-0.39, 0.29) is 5.91 Å². The highest BCUT2D eigenvalue weighted by Gasteiger charge is 2.21. The van der Waals surface area contributed by atoms with Crippen LogP contribution in [0, 0.1) is 0 Å². The first-order chi connectivity index (χ1) is 13.2. The molecule has 2 aliphatic rings. The Morgan fingerprint density at radius 3 is 2.63 bits per heavy atom. The van der Waals surface area contributed by atoms with Gasteiger partial charge in [0.2, 0.25) is 12.7 Å². The third-order valence-electron chi connectivity index (χ3n) is 4.79. The molecule has 0 unspecified atom stereocenters. The zero-order valence-corrected chi connectivity index (χ0v) is 15.4. The molecule has 3 heterocycles. The van der Waals surface area contributed by atoms with Gasteiger partial charge in [0.1, 0.15) is 6.26 Å². The SMILES string of the molecule is CCNC(=O)c1coc(CN2CCN(Cc3ccc4c(c3)OCO4)CC2)n1. The zero-order valence-electron chi connectivity index (χ0n) is 15.4. The Labute approximate surface area is 158 Å². The molecule has 1 fully saturated rings. The Bertz CT molecular complexity index is 799. The Kier molecular flexibility index (Phi) is 5.26. The predicted octanol–water partition coefficient (Wildman–Crippen LogP) is 1.47. The minimum absolute atomic E-state index is 0.193. The normalized spacial score (nSPS) is 17.2. The summed E-state index contributed by atoms with van der Waals surface area (Å²) < 4.78 is 16.3. The van der Waals surface area contributed by atoms with Crippen LogP contribution in [0.2, 0.25) is 0 Å². The molecule has 0 bridgehead atoms. The fraction of sp³-hybridized carbons (Fsp3) is 0.474. The Balaban J connectivity index is 1.26. The molecule has 2 aliphatic heterocycles. The monoisotopic (exact) mass is 372 g/mol. The van der Waals surface area contributed by atoms with E-state index in [1.807, 2.05) is 13.0 Å². The number of benzene rings is 1. The third kappa shape index (κ3) is 4.23. The number of piperazine rings is 1. The molecule has 0 saturated carbocycles. The van der Waals surface area contributed by atoms with Gasteiger partial charge in [0, 0.05) is 39.3 Å². The fourth-order valence-electron chi connectivity index (χ4n) is 3.33. The summed E-state index contributed by atoms with van der Waals surface area (Å²) in [6, 6.07) is 6.13. The van der Waals surface area contributed by atoms with Crippen molar-refractivity contribution in [2.45, 2.75) is 20.0 Å². The summed E-state index contributed by atoms with van der Waals surface area (Å²) in [5.41, 5.74) is 1.57. The number of hydrogen-bond donors (Lipinski definition) is 1. The van der Waals surface area contributed by atoms with Gasteiger partial charge in [0.05, 0.1) is 6.54 Å². The van der Waals surface area contributed by atoms with Crippen molar-refractivity contribution < 1.29 is 18.7 Å². The van der Waals surface area contributed by atoms with Crippen LogP contribution in [0.4, 0.5) is 0 Å². The van der Waals surface area contributed by atoms with E-state index in [2.05, 4.69) is 32.2 Å². The topological polar surface area (TPSA) is 80.1 Å². The Morgan fingerprint density at radius 1 is 1.11 bits per heavy atom. The second kappa shape index (κ2) is 7.98. The van der Waals surface area contributed by atoms with Gasteiger partial charge in [-0.2, -0.15) is 0 Å². The zero-order chi connectivity index (χ0) is 18.6. The van der Waals surface area contributed by atoms with Crippen LogP contribution in [-0.2, 0) is 13.1 Å². The largest absolute Gasteiger partial charge is 0.454 e. The van der Waals surface area contributed by atoms with Crippen molar-refractivity contribution in [2.75, 3.05) is 39.5 Å². The van der Waals surface area contributed by atoms with Crippen molar-refractivity contribution in [3.8, 4) is 11.5 Å². The Hall–Kier alpha value is -2.58. The second-order valence-electron chi connectivity index (χ2n) is 6.73. The molecule has 1 saturated heterocycles. The highest BCUT2D eigenvalue weighted by molar-refractivity contribution is 5.91. The molecule has 1 aromatic carbocycles. The summed E-state index contributed by atoms with van der Waals surface area (Å²) in [4.78, 5) is 20.8. The maximum atomic E-state index is 11.8. The molecule has 1 N–H and O–H groups in total. The van der Waals surface area contributed by atoms with Crippen LogP contribution < -0.4 is 14.8 Å². The van der Waals surface area contributed by atoms with Gasteiger partial charge in [-0.15, -0.1) is 0 Å². The maximum absolute atomic E-state index is 11.8. The lowest BCUT2D eigenvalue weighted by atomic mass is 10.1. The number of carbonyl (C=O) groups excluding carboxylic acids is 1. The molecule has 0 atom stereocenters. The van der Waals surface area contributed by atoms with E-state index in [0.717, 1.165) is 44.2 Å². The second-order valence-corrected chi connectivity index (χ2v) is 6.73. The first-order valence-electron chi connectivity index (χ1n) is 9.27. The highest BCUT2D eigenvalue weighted by Crippen LogP contribution is 2.32. The van der Waals surface area contributed by atoms with E-state index in [1.165, 1.54) is 11.8 Å². The summed E-state index contributed by atoms with van der Waals surface area (Å²) in [6.07, 6.45) is 1.43. The standard InChI is InChI=1S/C19H24N4O4/c1-2-20-19(24)15-12-25-18(21-15)11-23-7-5-22(6-8-23)10-14-3-4-16-17(9-14)27-13-26-16/h3-4,9,12H,2,5-8,10-11,13H2,1H3,(H,20,24). The average Bonchev–Trinajstić information content (AvgIpc) is 3.32. The van der Waals surface area contributed by atoms with Crippen molar-refractivity contribution in [2.24, 2.45) is 0 Å². The molecule has 0 spiro atoms. The van der Waals surface area contributed by atoms with E-state index < -0.39 is 0 Å². The van der Waals surface area contributed by atoms with Crippen molar-refractivity contribution in [1.29, 1.82) is 0 Å². The molecule has 144 valence electrons. The van der Waals surface area contributed by atoms with Crippen LogP contribution in [0.5, 0.6) is 11.5 Å². The fourth-order valence-corrected chi connectivity index (χ4v) is 3.33. The molecular formula is C19H24N4O4. The van der Waals surface area contributed by atoms with Crippen molar-refractivity contribution >= 4 is 5.91 Å². The number of nitrogens with zero attached hydrogens (tertiary/aromatic N) is 3. The van der Waals surface area contributed by atoms with Gasteiger partial charge in [0.15, 0.2) is 17.2 Å². The van der Waals surface area contributed by atoms with Crippen molar-refractivity contribution in [3.63, 3.8) is 0 Å². The smallest absolute Gasteiger partial charge is 0.273 e. The predicted molar refractivity (Wildman–Crippen MR) is 97.6 cm³/mol. The van der Waals surface area contributed by atoms with E-state index in [1.54, 1.807) is 0 Å². The third-order valence-corrected chi connectivity index (χ3v) is 4.79. The number of oxazole rings is 1. The number of ether oxygens (including phenoxy) is 2. The van der Waals surface area contributed by atoms with E-state index in [9.17, 15) is 4.79 Å². The Morgan fingerprint density at radius 2 is 1.85 bits per heavy atom. The van der Waals surface area contributed by atoms with Gasteiger partial charge >= 0.3 is 0 Å². The number of carbonyl (C=O) groups is 1. The summed E-state index contributed by atoms with van der Waals surface area (Å²) in [5, 5.41) is 2.72. The van der Waals surface area contributed by atoms with Gasteiger partial charge in [-0.05, 0) is 24.6 Å². The molecule has 0 aliphatic carbocycles. The summed E-state index contributed by atoms with van der Waals surface area (Å²) >= 11 is 0. The van der Waals surface area contributed by atoms with Crippen LogP contribution in [0.3, 0.4) is 0 Å². The summed E-state index contributed by atoms with van der Waals surface area (Å²) in [5.74, 6) is 2.04. The quantitative estimate of drug-likeness (QED) is 0.822. The van der Waals surface area contributed by atoms with Gasteiger partial charge < -0.3 is 19.2 Å². The van der Waals surface area contributed by atoms with Crippen LogP contribution in [0.25, 0.3) is 0 Å². The number of amides is 1. The minimum atomic E-state index is -0.193. The van der Waals surface area contributed by atoms with E-state index in [0.29, 0.717) is 31.5 Å².